The minimum atomic E-state index is -0.859. The van der Waals surface area contributed by atoms with Gasteiger partial charge in [-0.2, -0.15) is 0 Å². The number of amides is 1. The molecular weight excluding hydrogens is 186 g/mol. The number of aromatic nitrogens is 2. The number of carbonyl (C=O) groups excluding carboxylic acids is 1. The molecule has 1 heterocycles. The molecule has 0 fully saturated rings. The molecule has 2 N–H and O–H groups in total. The molecule has 0 saturated carbocycles. The van der Waals surface area contributed by atoms with Gasteiger partial charge in [-0.15, -0.1) is 0 Å². The van der Waals surface area contributed by atoms with Crippen LogP contribution in [0.2, 0.25) is 0 Å². The average Bonchev–Trinajstić information content (AvgIpc) is 2.64. The second-order valence-electron chi connectivity index (χ2n) is 2.70. The van der Waals surface area contributed by atoms with Gasteiger partial charge in [0.25, 0.3) is 0 Å². The van der Waals surface area contributed by atoms with E-state index in [9.17, 15) is 9.59 Å². The molecule has 0 unspecified atom stereocenters. The van der Waals surface area contributed by atoms with Gasteiger partial charge in [-0.3, -0.25) is 9.36 Å². The molecule has 0 aromatic carbocycles. The number of hydrogen-bond acceptors (Lipinski definition) is 3. The van der Waals surface area contributed by atoms with Gasteiger partial charge < -0.3 is 10.4 Å². The highest BCUT2D eigenvalue weighted by molar-refractivity contribution is 5.76. The molecule has 0 aliphatic rings. The number of hydrogen-bond donors (Lipinski definition) is 2. The van der Waals surface area contributed by atoms with Gasteiger partial charge in [0.1, 0.15) is 6.33 Å². The molecule has 0 spiro atoms. The highest BCUT2D eigenvalue weighted by atomic mass is 16.4. The van der Waals surface area contributed by atoms with E-state index >= 15 is 0 Å². The zero-order chi connectivity index (χ0) is 10.4. The lowest BCUT2D eigenvalue weighted by atomic mass is 10.3. The van der Waals surface area contributed by atoms with Crippen LogP contribution in [0, 0.1) is 0 Å². The highest BCUT2D eigenvalue weighted by Crippen LogP contribution is 1.88. The summed E-state index contributed by atoms with van der Waals surface area (Å²) in [5.74, 6) is -0.859. The van der Waals surface area contributed by atoms with E-state index in [-0.39, 0.29) is 12.5 Å². The molecule has 1 aromatic rings. The molecule has 6 heteroatoms. The summed E-state index contributed by atoms with van der Waals surface area (Å²) in [5, 5.41) is 10.9. The quantitative estimate of drug-likeness (QED) is 0.680. The first kappa shape index (κ1) is 10.2. The lowest BCUT2D eigenvalue weighted by Crippen LogP contribution is -2.28. The largest absolute Gasteiger partial charge is 0.481 e. The third-order valence-electron chi connectivity index (χ3n) is 1.58. The topological polar surface area (TPSA) is 84.2 Å². The third kappa shape index (κ3) is 3.26. The lowest BCUT2D eigenvalue weighted by Gasteiger charge is -2.03. The first-order chi connectivity index (χ1) is 6.70. The number of carboxylic acids is 1. The van der Waals surface area contributed by atoms with Crippen LogP contribution in [0.5, 0.6) is 0 Å². The van der Waals surface area contributed by atoms with Crippen molar-refractivity contribution in [3.05, 3.63) is 18.7 Å². The fraction of sp³-hybridized carbons (Fsp3) is 0.375. The second-order valence-corrected chi connectivity index (χ2v) is 2.70. The van der Waals surface area contributed by atoms with E-state index in [2.05, 4.69) is 10.3 Å². The van der Waals surface area contributed by atoms with Crippen LogP contribution >= 0.6 is 0 Å². The number of nitrogens with one attached hydrogen (secondary N) is 1. The number of carbonyl (C=O) groups is 2. The maximum Gasteiger partial charge on any atom is 0.326 e. The van der Waals surface area contributed by atoms with Crippen LogP contribution in [-0.2, 0) is 4.79 Å². The Morgan fingerprint density at radius 2 is 2.29 bits per heavy atom. The fourth-order valence-corrected chi connectivity index (χ4v) is 0.905. The zero-order valence-electron chi connectivity index (χ0n) is 7.51. The lowest BCUT2D eigenvalue weighted by molar-refractivity contribution is -0.137. The van der Waals surface area contributed by atoms with Crippen molar-refractivity contribution in [2.24, 2.45) is 0 Å². The van der Waals surface area contributed by atoms with Crippen molar-refractivity contribution < 1.29 is 14.7 Å². The van der Waals surface area contributed by atoms with E-state index < -0.39 is 5.97 Å². The van der Waals surface area contributed by atoms with Crippen molar-refractivity contribution in [2.45, 2.75) is 12.8 Å². The summed E-state index contributed by atoms with van der Waals surface area (Å²) in [6.45, 7) is 0.351. The minimum Gasteiger partial charge on any atom is -0.481 e. The molecule has 14 heavy (non-hydrogen) atoms. The van der Waals surface area contributed by atoms with Crippen molar-refractivity contribution in [2.75, 3.05) is 6.54 Å². The summed E-state index contributed by atoms with van der Waals surface area (Å²) in [4.78, 5) is 25.1. The summed E-state index contributed by atoms with van der Waals surface area (Å²) in [5.41, 5.74) is 0. The van der Waals surface area contributed by atoms with E-state index in [4.69, 9.17) is 5.11 Å². The first-order valence-electron chi connectivity index (χ1n) is 4.18. The Bertz CT molecular complexity index is 308. The molecule has 1 rings (SSSR count). The van der Waals surface area contributed by atoms with Crippen molar-refractivity contribution >= 4 is 12.0 Å². The molecule has 0 atom stereocenters. The van der Waals surface area contributed by atoms with Gasteiger partial charge in [-0.25, -0.2) is 9.78 Å². The van der Waals surface area contributed by atoms with Crippen molar-refractivity contribution in [3.63, 3.8) is 0 Å². The molecule has 0 aliphatic carbocycles. The Morgan fingerprint density at radius 1 is 1.50 bits per heavy atom. The van der Waals surface area contributed by atoms with Crippen LogP contribution in [0.3, 0.4) is 0 Å². The Kier molecular flexibility index (Phi) is 3.66. The van der Waals surface area contributed by atoms with Crippen LogP contribution in [0.15, 0.2) is 18.7 Å². The van der Waals surface area contributed by atoms with Gasteiger partial charge in [0, 0.05) is 25.4 Å². The third-order valence-corrected chi connectivity index (χ3v) is 1.58. The van der Waals surface area contributed by atoms with Gasteiger partial charge >= 0.3 is 12.0 Å². The predicted octanol–water partition coefficient (Wildman–Crippen LogP) is 0.306. The smallest absolute Gasteiger partial charge is 0.326 e. The summed E-state index contributed by atoms with van der Waals surface area (Å²) in [7, 11) is 0. The standard InChI is InChI=1S/C8H11N3O3/c12-7(13)2-1-3-10-8(14)11-5-4-9-6-11/h4-6H,1-3H2,(H,10,14)(H,12,13). The van der Waals surface area contributed by atoms with Gasteiger partial charge in [-0.05, 0) is 6.42 Å². The van der Waals surface area contributed by atoms with Crippen LogP contribution in [-0.4, -0.2) is 33.2 Å². The highest BCUT2D eigenvalue weighted by Gasteiger charge is 2.02. The van der Waals surface area contributed by atoms with E-state index in [1.165, 1.54) is 23.3 Å². The molecule has 1 amide bonds. The fourth-order valence-electron chi connectivity index (χ4n) is 0.905. The van der Waals surface area contributed by atoms with Crippen molar-refractivity contribution in [1.29, 1.82) is 0 Å². The predicted molar refractivity (Wildman–Crippen MR) is 47.9 cm³/mol. The Hall–Kier alpha value is -1.85. The molecule has 0 aliphatic heterocycles. The van der Waals surface area contributed by atoms with Gasteiger partial charge in [0.15, 0.2) is 0 Å². The number of imidazole rings is 1. The van der Waals surface area contributed by atoms with Crippen molar-refractivity contribution in [3.8, 4) is 0 Å². The molecule has 1 aromatic heterocycles. The van der Waals surface area contributed by atoms with Crippen molar-refractivity contribution in [1.82, 2.24) is 14.9 Å². The molecule has 0 bridgehead atoms. The monoisotopic (exact) mass is 197 g/mol. The molecular formula is C8H11N3O3. The maximum atomic E-state index is 11.2. The molecule has 0 radical (unpaired) electrons. The van der Waals surface area contributed by atoms with E-state index in [0.717, 1.165) is 0 Å². The van der Waals surface area contributed by atoms with Gasteiger partial charge in [0.2, 0.25) is 0 Å². The number of nitrogens with zero attached hydrogens (tertiary/aromatic N) is 2. The van der Waals surface area contributed by atoms with Crippen LogP contribution in [0.25, 0.3) is 0 Å². The van der Waals surface area contributed by atoms with Crippen LogP contribution in [0.4, 0.5) is 4.79 Å². The first-order valence-corrected chi connectivity index (χ1v) is 4.18. The SMILES string of the molecule is O=C(O)CCCNC(=O)n1ccnc1. The number of rotatable bonds is 4. The summed E-state index contributed by atoms with van der Waals surface area (Å²) in [6.07, 6.45) is 4.88. The van der Waals surface area contributed by atoms with Crippen LogP contribution < -0.4 is 5.32 Å². The van der Waals surface area contributed by atoms with Gasteiger partial charge in [-0.1, -0.05) is 0 Å². The van der Waals surface area contributed by atoms with E-state index in [1.807, 2.05) is 0 Å². The summed E-state index contributed by atoms with van der Waals surface area (Å²) >= 11 is 0. The van der Waals surface area contributed by atoms with Crippen LogP contribution in [0.1, 0.15) is 12.8 Å². The number of aliphatic carboxylic acids is 1. The Labute approximate surface area is 80.6 Å². The van der Waals surface area contributed by atoms with E-state index in [1.54, 1.807) is 0 Å². The molecule has 6 nitrogen and oxygen atoms in total. The maximum absolute atomic E-state index is 11.2. The Balaban J connectivity index is 2.19. The second kappa shape index (κ2) is 5.00. The van der Waals surface area contributed by atoms with E-state index in [0.29, 0.717) is 13.0 Å². The summed E-state index contributed by atoms with van der Waals surface area (Å²) < 4.78 is 1.29. The molecule has 76 valence electrons. The Morgan fingerprint density at radius 3 is 2.86 bits per heavy atom. The minimum absolute atomic E-state index is 0.0597. The zero-order valence-corrected chi connectivity index (χ0v) is 7.51. The molecule has 0 saturated heterocycles. The number of carboxylic acid groups (broad SMARTS) is 1. The summed E-state index contributed by atoms with van der Waals surface area (Å²) in [6, 6.07) is -0.298. The normalized spacial score (nSPS) is 9.71. The van der Waals surface area contributed by atoms with Gasteiger partial charge in [0.05, 0.1) is 0 Å². The average molecular weight is 197 g/mol.